The highest BCUT2D eigenvalue weighted by molar-refractivity contribution is 5.75. The van der Waals surface area contributed by atoms with Crippen molar-refractivity contribution in [3.8, 4) is 0 Å². The third kappa shape index (κ3) is 2.17. The lowest BCUT2D eigenvalue weighted by molar-refractivity contribution is -0.168. The highest BCUT2D eigenvalue weighted by Gasteiger charge is 2.24. The van der Waals surface area contributed by atoms with Crippen LogP contribution in [0.4, 0.5) is 0 Å². The standard InChI is InChI=1S/C7H13NO3/c1-2-3-7(10)8-4-6(9)5-11-8/h6,9H,2-5H2,1H3/t6-/m1/s1. The van der Waals surface area contributed by atoms with Crippen molar-refractivity contribution in [3.05, 3.63) is 0 Å². The molecule has 1 amide bonds. The Bertz CT molecular complexity index is 149. The molecule has 1 N–H and O–H groups in total. The highest BCUT2D eigenvalue weighted by Crippen LogP contribution is 2.07. The van der Waals surface area contributed by atoms with Crippen LogP contribution in [-0.2, 0) is 9.63 Å². The van der Waals surface area contributed by atoms with E-state index >= 15 is 0 Å². The average molecular weight is 159 g/mol. The molecular weight excluding hydrogens is 146 g/mol. The lowest BCUT2D eigenvalue weighted by Crippen LogP contribution is -2.27. The van der Waals surface area contributed by atoms with Gasteiger partial charge in [0.05, 0.1) is 12.6 Å². The molecule has 1 aliphatic heterocycles. The lowest BCUT2D eigenvalue weighted by atomic mass is 10.3. The van der Waals surface area contributed by atoms with E-state index in [-0.39, 0.29) is 12.5 Å². The Morgan fingerprint density at radius 3 is 3.00 bits per heavy atom. The van der Waals surface area contributed by atoms with E-state index in [1.165, 1.54) is 5.06 Å². The minimum atomic E-state index is -0.504. The number of carbonyl (C=O) groups excluding carboxylic acids is 1. The Morgan fingerprint density at radius 2 is 2.55 bits per heavy atom. The molecule has 64 valence electrons. The zero-order valence-electron chi connectivity index (χ0n) is 6.62. The first kappa shape index (κ1) is 8.49. The van der Waals surface area contributed by atoms with Crippen LogP contribution in [0.25, 0.3) is 0 Å². The summed E-state index contributed by atoms with van der Waals surface area (Å²) in [5.41, 5.74) is 0. The summed E-state index contributed by atoms with van der Waals surface area (Å²) in [6.07, 6.45) is 0.803. The fourth-order valence-electron chi connectivity index (χ4n) is 0.985. The summed E-state index contributed by atoms with van der Waals surface area (Å²) < 4.78 is 0. The number of aliphatic hydroxyl groups is 1. The van der Waals surface area contributed by atoms with Crippen LogP contribution in [0, 0.1) is 0 Å². The maximum atomic E-state index is 11.1. The van der Waals surface area contributed by atoms with Gasteiger partial charge >= 0.3 is 0 Å². The summed E-state index contributed by atoms with van der Waals surface area (Å²) in [5, 5.41) is 10.2. The molecule has 0 aromatic heterocycles. The van der Waals surface area contributed by atoms with E-state index in [1.807, 2.05) is 6.92 Å². The number of hydrogen-bond acceptors (Lipinski definition) is 3. The number of carbonyl (C=O) groups is 1. The molecule has 0 aromatic rings. The zero-order chi connectivity index (χ0) is 8.27. The second-order valence-corrected chi connectivity index (χ2v) is 2.65. The normalized spacial score (nSPS) is 24.2. The van der Waals surface area contributed by atoms with E-state index in [1.54, 1.807) is 0 Å². The molecule has 1 saturated heterocycles. The molecule has 4 heteroatoms. The molecule has 0 bridgehead atoms. The topological polar surface area (TPSA) is 49.8 Å². The Balaban J connectivity index is 2.31. The van der Waals surface area contributed by atoms with Gasteiger partial charge in [-0.15, -0.1) is 0 Å². The minimum Gasteiger partial charge on any atom is -0.389 e. The number of nitrogens with zero attached hydrogens (tertiary/aromatic N) is 1. The summed E-state index contributed by atoms with van der Waals surface area (Å²) >= 11 is 0. The van der Waals surface area contributed by atoms with Crippen LogP contribution >= 0.6 is 0 Å². The monoisotopic (exact) mass is 159 g/mol. The third-order valence-corrected chi connectivity index (χ3v) is 1.54. The van der Waals surface area contributed by atoms with Crippen molar-refractivity contribution >= 4 is 5.91 Å². The first-order valence-electron chi connectivity index (χ1n) is 3.85. The van der Waals surface area contributed by atoms with Crippen LogP contribution in [0.3, 0.4) is 0 Å². The predicted octanol–water partition coefficient (Wildman–Crippen LogP) is -0.0788. The summed E-state index contributed by atoms with van der Waals surface area (Å²) in [4.78, 5) is 16.0. The largest absolute Gasteiger partial charge is 0.389 e. The van der Waals surface area contributed by atoms with Crippen molar-refractivity contribution in [3.63, 3.8) is 0 Å². The van der Waals surface area contributed by atoms with Crippen molar-refractivity contribution in [2.24, 2.45) is 0 Å². The van der Waals surface area contributed by atoms with Crippen molar-refractivity contribution in [2.75, 3.05) is 13.2 Å². The van der Waals surface area contributed by atoms with Crippen LogP contribution in [0.5, 0.6) is 0 Å². The predicted molar refractivity (Wildman–Crippen MR) is 38.6 cm³/mol. The summed E-state index contributed by atoms with van der Waals surface area (Å²) in [6.45, 7) is 2.50. The van der Waals surface area contributed by atoms with Crippen molar-refractivity contribution in [1.82, 2.24) is 5.06 Å². The van der Waals surface area contributed by atoms with Gasteiger partial charge < -0.3 is 5.11 Å². The van der Waals surface area contributed by atoms with Gasteiger partial charge in [-0.25, -0.2) is 5.06 Å². The second-order valence-electron chi connectivity index (χ2n) is 2.65. The molecule has 1 rings (SSSR count). The van der Waals surface area contributed by atoms with E-state index in [4.69, 9.17) is 9.94 Å². The Hall–Kier alpha value is -0.610. The van der Waals surface area contributed by atoms with E-state index in [9.17, 15) is 4.79 Å². The lowest BCUT2D eigenvalue weighted by Gasteiger charge is -2.12. The van der Waals surface area contributed by atoms with Crippen LogP contribution in [0.1, 0.15) is 19.8 Å². The first-order valence-corrected chi connectivity index (χ1v) is 3.85. The van der Waals surface area contributed by atoms with Gasteiger partial charge in [0, 0.05) is 6.42 Å². The van der Waals surface area contributed by atoms with Crippen LogP contribution in [-0.4, -0.2) is 35.3 Å². The van der Waals surface area contributed by atoms with Gasteiger partial charge in [0.15, 0.2) is 0 Å². The quantitative estimate of drug-likeness (QED) is 0.613. The van der Waals surface area contributed by atoms with Crippen molar-refractivity contribution in [1.29, 1.82) is 0 Å². The number of amides is 1. The van der Waals surface area contributed by atoms with E-state index in [0.29, 0.717) is 13.0 Å². The maximum Gasteiger partial charge on any atom is 0.246 e. The third-order valence-electron chi connectivity index (χ3n) is 1.54. The molecule has 1 aliphatic rings. The molecule has 0 aromatic carbocycles. The van der Waals surface area contributed by atoms with E-state index < -0.39 is 6.10 Å². The fourth-order valence-corrected chi connectivity index (χ4v) is 0.985. The second kappa shape index (κ2) is 3.69. The van der Waals surface area contributed by atoms with Crippen LogP contribution < -0.4 is 0 Å². The minimum absolute atomic E-state index is 0.0379. The molecule has 1 atom stereocenters. The number of hydrogen-bond donors (Lipinski definition) is 1. The van der Waals surface area contributed by atoms with Crippen molar-refractivity contribution < 1.29 is 14.7 Å². The number of hydroxylamine groups is 2. The average Bonchev–Trinajstić information content (AvgIpc) is 2.36. The van der Waals surface area contributed by atoms with Gasteiger partial charge in [0.2, 0.25) is 5.91 Å². The van der Waals surface area contributed by atoms with Gasteiger partial charge in [-0.3, -0.25) is 9.63 Å². The molecule has 0 spiro atoms. The molecule has 11 heavy (non-hydrogen) atoms. The van der Waals surface area contributed by atoms with Gasteiger partial charge in [0.1, 0.15) is 6.61 Å². The summed E-state index contributed by atoms with van der Waals surface area (Å²) in [7, 11) is 0. The number of β-amino-alcohol motifs (C(OH)–C–C–N with tert-alkyl or cyclic N) is 1. The Labute approximate surface area is 65.7 Å². The smallest absolute Gasteiger partial charge is 0.246 e. The summed E-state index contributed by atoms with van der Waals surface area (Å²) in [6, 6.07) is 0. The highest BCUT2D eigenvalue weighted by atomic mass is 16.7. The van der Waals surface area contributed by atoms with Gasteiger partial charge in [-0.2, -0.15) is 0 Å². The van der Waals surface area contributed by atoms with Crippen molar-refractivity contribution in [2.45, 2.75) is 25.9 Å². The number of aliphatic hydroxyl groups excluding tert-OH is 1. The van der Waals surface area contributed by atoms with Gasteiger partial charge in [-0.1, -0.05) is 6.92 Å². The molecule has 4 nitrogen and oxygen atoms in total. The molecule has 0 aliphatic carbocycles. The maximum absolute atomic E-state index is 11.1. The molecule has 1 fully saturated rings. The van der Waals surface area contributed by atoms with E-state index in [2.05, 4.69) is 0 Å². The van der Waals surface area contributed by atoms with E-state index in [0.717, 1.165) is 6.42 Å². The van der Waals surface area contributed by atoms with Crippen LogP contribution in [0.2, 0.25) is 0 Å². The van der Waals surface area contributed by atoms with Crippen LogP contribution in [0.15, 0.2) is 0 Å². The number of rotatable bonds is 2. The van der Waals surface area contributed by atoms with Gasteiger partial charge in [-0.05, 0) is 6.42 Å². The van der Waals surface area contributed by atoms with Gasteiger partial charge in [0.25, 0.3) is 0 Å². The molecule has 0 unspecified atom stereocenters. The molecule has 0 radical (unpaired) electrons. The molecule has 0 saturated carbocycles. The fraction of sp³-hybridized carbons (Fsp3) is 0.857. The first-order chi connectivity index (χ1) is 5.24. The molecule has 1 heterocycles. The Kier molecular flexibility index (Phi) is 2.84. The zero-order valence-corrected chi connectivity index (χ0v) is 6.62. The molecular formula is C7H13NO3. The Morgan fingerprint density at radius 1 is 1.82 bits per heavy atom. The summed E-state index contributed by atoms with van der Waals surface area (Å²) in [5.74, 6) is -0.0379. The SMILES string of the molecule is CCCC(=O)N1C[C@@H](O)CO1.